The molecule has 1 heterocycles. The normalized spacial score (nSPS) is 15.6. The average molecular weight is 299 g/mol. The Morgan fingerprint density at radius 1 is 0.941 bits per heavy atom. The number of hydrogen-bond acceptors (Lipinski definition) is 4. The summed E-state index contributed by atoms with van der Waals surface area (Å²) in [4.78, 5) is 0. The number of hydrogen-bond donors (Lipinski definition) is 0. The van der Waals surface area contributed by atoms with Crippen LogP contribution in [-0.4, -0.2) is 12.5 Å². The van der Waals surface area contributed by atoms with E-state index < -0.39 is 0 Å². The molecule has 0 radical (unpaired) electrons. The summed E-state index contributed by atoms with van der Waals surface area (Å²) in [5.74, 6) is 0. The second-order valence-electron chi connectivity index (χ2n) is 3.56. The maximum atomic E-state index is 2.27. The number of thioether (sulfide) groups is 4. The van der Waals surface area contributed by atoms with Gasteiger partial charge in [-0.2, -0.15) is 0 Å². The fourth-order valence-corrected chi connectivity index (χ4v) is 6.34. The molecule has 0 aliphatic carbocycles. The Labute approximate surface area is 120 Å². The molecule has 4 heteroatoms. The highest BCUT2D eigenvalue weighted by molar-refractivity contribution is 8.40. The molecule has 0 bridgehead atoms. The highest BCUT2D eigenvalue weighted by Crippen LogP contribution is 2.56. The van der Waals surface area contributed by atoms with Crippen LogP contribution < -0.4 is 0 Å². The van der Waals surface area contributed by atoms with Crippen LogP contribution in [0.3, 0.4) is 0 Å². The van der Waals surface area contributed by atoms with Gasteiger partial charge in [-0.25, -0.2) is 0 Å². The third kappa shape index (κ3) is 3.53. The van der Waals surface area contributed by atoms with Crippen LogP contribution in [-0.2, 0) is 0 Å². The van der Waals surface area contributed by atoms with Gasteiger partial charge in [0, 0.05) is 0 Å². The van der Waals surface area contributed by atoms with Crippen LogP contribution >= 0.6 is 47.0 Å². The predicted molar refractivity (Wildman–Crippen MR) is 88.4 cm³/mol. The first kappa shape index (κ1) is 13.5. The minimum Gasteiger partial charge on any atom is -0.121 e. The Balaban J connectivity index is 2.14. The zero-order valence-corrected chi connectivity index (χ0v) is 13.3. The minimum absolute atomic E-state index is 1.29. The lowest BCUT2D eigenvalue weighted by atomic mass is 10.1. The SMILES string of the molecule is CSC1=C(SC)SC(=Cc2ccc(C)cc2)S1. The molecule has 2 rings (SSSR count). The van der Waals surface area contributed by atoms with Gasteiger partial charge < -0.3 is 0 Å². The van der Waals surface area contributed by atoms with Crippen LogP contribution in [0.2, 0.25) is 0 Å². The van der Waals surface area contributed by atoms with Crippen molar-refractivity contribution in [2.45, 2.75) is 6.92 Å². The van der Waals surface area contributed by atoms with Gasteiger partial charge in [-0.1, -0.05) is 53.4 Å². The van der Waals surface area contributed by atoms with Gasteiger partial charge in [0.25, 0.3) is 0 Å². The maximum Gasteiger partial charge on any atom is 0.0657 e. The molecule has 17 heavy (non-hydrogen) atoms. The monoisotopic (exact) mass is 298 g/mol. The number of benzene rings is 1. The van der Waals surface area contributed by atoms with E-state index in [1.807, 2.05) is 47.0 Å². The molecular weight excluding hydrogens is 284 g/mol. The zero-order chi connectivity index (χ0) is 12.3. The molecular formula is C13H14S4. The molecule has 0 saturated heterocycles. The fourth-order valence-electron chi connectivity index (χ4n) is 1.39. The number of aryl methyl sites for hydroxylation is 1. The summed E-state index contributed by atoms with van der Waals surface area (Å²) in [6.07, 6.45) is 6.57. The van der Waals surface area contributed by atoms with Crippen LogP contribution in [0.4, 0.5) is 0 Å². The van der Waals surface area contributed by atoms with E-state index in [2.05, 4.69) is 49.8 Å². The van der Waals surface area contributed by atoms with Crippen LogP contribution in [0, 0.1) is 6.92 Å². The van der Waals surface area contributed by atoms with E-state index in [0.29, 0.717) is 0 Å². The largest absolute Gasteiger partial charge is 0.121 e. The standard InChI is InChI=1S/C13H14S4/c1-9-4-6-10(7-5-9)8-11-16-12(14-2)13(15-3)17-11/h4-8H,1-3H3. The molecule has 1 aromatic rings. The van der Waals surface area contributed by atoms with Crippen LogP contribution in [0.15, 0.2) is 37.0 Å². The lowest BCUT2D eigenvalue weighted by molar-refractivity contribution is 1.46. The molecule has 1 aliphatic rings. The summed E-state index contributed by atoms with van der Waals surface area (Å²) < 4.78 is 4.24. The van der Waals surface area contributed by atoms with Gasteiger partial charge in [-0.05, 0) is 31.1 Å². The van der Waals surface area contributed by atoms with Gasteiger partial charge in [-0.15, -0.1) is 23.5 Å². The van der Waals surface area contributed by atoms with Crippen molar-refractivity contribution in [1.29, 1.82) is 0 Å². The summed E-state index contributed by atoms with van der Waals surface area (Å²) >= 11 is 7.46. The predicted octanol–water partition coefficient (Wildman–Crippen LogP) is 5.63. The third-order valence-corrected chi connectivity index (χ3v) is 7.37. The minimum atomic E-state index is 1.29. The van der Waals surface area contributed by atoms with Crippen molar-refractivity contribution < 1.29 is 0 Å². The van der Waals surface area contributed by atoms with Gasteiger partial charge in [0.15, 0.2) is 0 Å². The second kappa shape index (κ2) is 6.32. The molecule has 0 fully saturated rings. The van der Waals surface area contributed by atoms with E-state index in [4.69, 9.17) is 0 Å². The van der Waals surface area contributed by atoms with E-state index in [1.54, 1.807) is 0 Å². The Bertz CT molecular complexity index is 439. The summed E-state index contributed by atoms with van der Waals surface area (Å²) in [5, 5.41) is 0. The molecule has 0 spiro atoms. The molecule has 0 saturated carbocycles. The molecule has 0 N–H and O–H groups in total. The van der Waals surface area contributed by atoms with Crippen molar-refractivity contribution in [3.8, 4) is 0 Å². The van der Waals surface area contributed by atoms with Crippen molar-refractivity contribution in [3.63, 3.8) is 0 Å². The van der Waals surface area contributed by atoms with Crippen molar-refractivity contribution in [3.05, 3.63) is 48.1 Å². The third-order valence-electron chi connectivity index (χ3n) is 2.29. The molecule has 0 unspecified atom stereocenters. The van der Waals surface area contributed by atoms with E-state index in [0.717, 1.165) is 0 Å². The highest BCUT2D eigenvalue weighted by atomic mass is 32.3. The Hall–Kier alpha value is 0.1000. The molecule has 0 aromatic heterocycles. The smallest absolute Gasteiger partial charge is 0.0657 e. The topological polar surface area (TPSA) is 0 Å². The molecule has 0 atom stereocenters. The van der Waals surface area contributed by atoms with Crippen LogP contribution in [0.25, 0.3) is 6.08 Å². The molecule has 1 aromatic carbocycles. The van der Waals surface area contributed by atoms with Gasteiger partial charge in [0.05, 0.1) is 12.7 Å². The van der Waals surface area contributed by atoms with E-state index in [1.165, 1.54) is 23.8 Å². The summed E-state index contributed by atoms with van der Waals surface area (Å²) in [6.45, 7) is 2.12. The van der Waals surface area contributed by atoms with Gasteiger partial charge in [-0.3, -0.25) is 0 Å². The molecule has 0 nitrogen and oxygen atoms in total. The second-order valence-corrected chi connectivity index (χ2v) is 8.07. The maximum absolute atomic E-state index is 2.27. The zero-order valence-electron chi connectivity index (χ0n) is 10.0. The van der Waals surface area contributed by atoms with Gasteiger partial charge in [0.1, 0.15) is 0 Å². The highest BCUT2D eigenvalue weighted by Gasteiger charge is 2.19. The van der Waals surface area contributed by atoms with Crippen molar-refractivity contribution in [2.24, 2.45) is 0 Å². The lowest BCUT2D eigenvalue weighted by Gasteiger charge is -1.98. The quantitative estimate of drug-likeness (QED) is 0.709. The molecule has 90 valence electrons. The Kier molecular flexibility index (Phi) is 5.03. The van der Waals surface area contributed by atoms with Crippen molar-refractivity contribution in [2.75, 3.05) is 12.5 Å². The Morgan fingerprint density at radius 3 is 1.94 bits per heavy atom. The van der Waals surface area contributed by atoms with E-state index in [9.17, 15) is 0 Å². The Morgan fingerprint density at radius 2 is 1.47 bits per heavy atom. The lowest BCUT2D eigenvalue weighted by Crippen LogP contribution is -1.74. The molecule has 1 aliphatic heterocycles. The first-order valence-electron chi connectivity index (χ1n) is 5.19. The van der Waals surface area contributed by atoms with Crippen LogP contribution in [0.1, 0.15) is 11.1 Å². The summed E-state index contributed by atoms with van der Waals surface area (Å²) in [6, 6.07) is 8.68. The van der Waals surface area contributed by atoms with Crippen molar-refractivity contribution in [1.82, 2.24) is 0 Å². The fraction of sp³-hybridized carbons (Fsp3) is 0.231. The average Bonchev–Trinajstić information content (AvgIpc) is 2.74. The first-order valence-corrected chi connectivity index (χ1v) is 9.27. The summed E-state index contributed by atoms with van der Waals surface area (Å²) in [5.41, 5.74) is 2.60. The van der Waals surface area contributed by atoms with Crippen LogP contribution in [0.5, 0.6) is 0 Å². The van der Waals surface area contributed by atoms with Gasteiger partial charge >= 0.3 is 0 Å². The first-order chi connectivity index (χ1) is 8.22. The summed E-state index contributed by atoms with van der Waals surface area (Å²) in [7, 11) is 0. The number of rotatable bonds is 3. The van der Waals surface area contributed by atoms with Gasteiger partial charge in [0.2, 0.25) is 0 Å². The van der Waals surface area contributed by atoms with Crippen molar-refractivity contribution >= 4 is 53.1 Å². The van der Waals surface area contributed by atoms with E-state index >= 15 is 0 Å². The van der Waals surface area contributed by atoms with E-state index in [-0.39, 0.29) is 0 Å². The molecule has 0 amide bonds.